The van der Waals surface area contributed by atoms with Crippen LogP contribution in [0.3, 0.4) is 0 Å². The number of thioether (sulfide) groups is 1. The third-order valence-corrected chi connectivity index (χ3v) is 4.13. The van der Waals surface area contributed by atoms with Crippen molar-refractivity contribution in [3.8, 4) is 0 Å². The summed E-state index contributed by atoms with van der Waals surface area (Å²) in [6.07, 6.45) is 2.35. The minimum absolute atomic E-state index is 0.221. The molecule has 0 saturated carbocycles. The maximum atomic E-state index is 4.65. The van der Waals surface area contributed by atoms with Crippen LogP contribution >= 0.6 is 11.8 Å². The second-order valence-corrected chi connectivity index (χ2v) is 6.81. The van der Waals surface area contributed by atoms with Gasteiger partial charge in [0.2, 0.25) is 0 Å². The van der Waals surface area contributed by atoms with Crippen LogP contribution in [0.15, 0.2) is 4.99 Å². The molecule has 0 spiro atoms. The molecule has 0 unspecified atom stereocenters. The summed E-state index contributed by atoms with van der Waals surface area (Å²) in [5, 5.41) is 4.64. The van der Waals surface area contributed by atoms with Gasteiger partial charge in [0.15, 0.2) is 5.17 Å². The van der Waals surface area contributed by atoms with Gasteiger partial charge in [-0.25, -0.2) is 0 Å². The molecule has 0 aromatic rings. The van der Waals surface area contributed by atoms with E-state index in [4.69, 9.17) is 0 Å². The van der Waals surface area contributed by atoms with Gasteiger partial charge < -0.3 is 10.2 Å². The van der Waals surface area contributed by atoms with Crippen LogP contribution in [0, 0.1) is 0 Å². The first-order valence-electron chi connectivity index (χ1n) is 6.56. The Balaban J connectivity index is 2.25. The zero-order valence-corrected chi connectivity index (χ0v) is 12.7. The summed E-state index contributed by atoms with van der Waals surface area (Å²) in [5.41, 5.74) is 0.221. The van der Waals surface area contributed by atoms with Crippen LogP contribution in [0.4, 0.5) is 0 Å². The van der Waals surface area contributed by atoms with Crippen molar-refractivity contribution in [2.45, 2.75) is 52.1 Å². The minimum atomic E-state index is 0.221. The first-order chi connectivity index (χ1) is 7.91. The molecule has 0 aromatic heterocycles. The molecule has 1 heterocycles. The summed E-state index contributed by atoms with van der Waals surface area (Å²) in [6.45, 7) is 11.0. The maximum absolute atomic E-state index is 4.65. The van der Waals surface area contributed by atoms with E-state index in [9.17, 15) is 0 Å². The molecule has 1 rings (SSSR count). The lowest BCUT2D eigenvalue weighted by molar-refractivity contribution is 0.272. The summed E-state index contributed by atoms with van der Waals surface area (Å²) in [7, 11) is 2.18. The third-order valence-electron chi connectivity index (χ3n) is 3.22. The molecule has 0 aliphatic carbocycles. The van der Waals surface area contributed by atoms with Crippen LogP contribution in [0.2, 0.25) is 0 Å². The van der Waals surface area contributed by atoms with Crippen molar-refractivity contribution in [1.82, 2.24) is 10.2 Å². The smallest absolute Gasteiger partial charge is 0.156 e. The van der Waals surface area contributed by atoms with E-state index in [-0.39, 0.29) is 5.54 Å². The predicted octanol–water partition coefficient (Wildman–Crippen LogP) is 2.58. The van der Waals surface area contributed by atoms with Crippen molar-refractivity contribution in [3.05, 3.63) is 0 Å². The van der Waals surface area contributed by atoms with Crippen molar-refractivity contribution >= 4 is 16.9 Å². The lowest BCUT2D eigenvalue weighted by Gasteiger charge is -2.32. The first kappa shape index (κ1) is 14.8. The Hall–Kier alpha value is -0.220. The van der Waals surface area contributed by atoms with Gasteiger partial charge in [-0.15, -0.1) is 0 Å². The van der Waals surface area contributed by atoms with E-state index >= 15 is 0 Å². The summed E-state index contributed by atoms with van der Waals surface area (Å²) < 4.78 is 0. The van der Waals surface area contributed by atoms with Gasteiger partial charge in [0.05, 0.1) is 0 Å². The van der Waals surface area contributed by atoms with E-state index in [2.05, 4.69) is 50.0 Å². The third kappa shape index (κ3) is 5.77. The second-order valence-electron chi connectivity index (χ2n) is 5.72. The van der Waals surface area contributed by atoms with Gasteiger partial charge in [-0.05, 0) is 54.1 Å². The van der Waals surface area contributed by atoms with Crippen molar-refractivity contribution in [2.75, 3.05) is 25.9 Å². The molecule has 4 heteroatoms. The van der Waals surface area contributed by atoms with Gasteiger partial charge >= 0.3 is 0 Å². The molecule has 1 aliphatic rings. The number of aliphatic imine (C=N–C) groups is 1. The second kappa shape index (κ2) is 6.64. The Bertz CT molecular complexity index is 261. The fraction of sp³-hybridized carbons (Fsp3) is 0.923. The van der Waals surface area contributed by atoms with Crippen molar-refractivity contribution < 1.29 is 0 Å². The lowest BCUT2D eigenvalue weighted by atomic mass is 10.0. The van der Waals surface area contributed by atoms with E-state index in [1.807, 2.05) is 11.8 Å². The summed E-state index contributed by atoms with van der Waals surface area (Å²) in [6, 6.07) is 0.628. The van der Waals surface area contributed by atoms with Gasteiger partial charge in [-0.3, -0.25) is 4.99 Å². The van der Waals surface area contributed by atoms with Crippen molar-refractivity contribution in [3.63, 3.8) is 0 Å². The van der Waals surface area contributed by atoms with E-state index in [1.54, 1.807) is 0 Å². The fourth-order valence-corrected chi connectivity index (χ4v) is 2.97. The number of amidine groups is 1. The van der Waals surface area contributed by atoms with Gasteiger partial charge in [-0.1, -0.05) is 11.8 Å². The van der Waals surface area contributed by atoms with Crippen LogP contribution in [-0.2, 0) is 0 Å². The summed E-state index contributed by atoms with van der Waals surface area (Å²) >= 11 is 1.86. The standard InChI is InChI=1S/C13H27N3S/c1-11(2)16(5)9-6-8-14-12-15-13(3,4)7-10-17-12/h11H,6-10H2,1-5H3,(H,14,15). The van der Waals surface area contributed by atoms with Crippen LogP contribution < -0.4 is 5.32 Å². The molecule has 100 valence electrons. The largest absolute Gasteiger partial charge is 0.360 e. The number of rotatable bonds is 5. The molecule has 1 fully saturated rings. The monoisotopic (exact) mass is 257 g/mol. The number of hydrogen-bond acceptors (Lipinski definition) is 3. The molecule has 0 amide bonds. The molecule has 0 aromatic carbocycles. The number of nitrogens with zero attached hydrogens (tertiary/aromatic N) is 2. The zero-order chi connectivity index (χ0) is 12.9. The van der Waals surface area contributed by atoms with Crippen LogP contribution in [0.1, 0.15) is 40.5 Å². The molecular formula is C13H27N3S. The maximum Gasteiger partial charge on any atom is 0.156 e. The average Bonchev–Trinajstić information content (AvgIpc) is 2.22. The summed E-state index contributed by atoms with van der Waals surface area (Å²) in [4.78, 5) is 7.02. The molecule has 17 heavy (non-hydrogen) atoms. The SMILES string of the molecule is CC(C)N(C)CCCN=C1NC(C)(C)CCS1. The predicted molar refractivity (Wildman–Crippen MR) is 79.0 cm³/mol. The van der Waals surface area contributed by atoms with Crippen LogP contribution in [0.5, 0.6) is 0 Å². The Kier molecular flexibility index (Phi) is 5.80. The zero-order valence-electron chi connectivity index (χ0n) is 11.9. The van der Waals surface area contributed by atoms with E-state index in [0.29, 0.717) is 6.04 Å². The van der Waals surface area contributed by atoms with Gasteiger partial charge in [0.25, 0.3) is 0 Å². The lowest BCUT2D eigenvalue weighted by Crippen LogP contribution is -2.46. The first-order valence-corrected chi connectivity index (χ1v) is 7.55. The van der Waals surface area contributed by atoms with E-state index in [1.165, 1.54) is 12.2 Å². The van der Waals surface area contributed by atoms with Crippen LogP contribution in [-0.4, -0.2) is 47.5 Å². The van der Waals surface area contributed by atoms with Crippen LogP contribution in [0.25, 0.3) is 0 Å². The average molecular weight is 257 g/mol. The molecule has 0 radical (unpaired) electrons. The normalized spacial score (nSPS) is 22.2. The molecule has 0 bridgehead atoms. The number of hydrogen-bond donors (Lipinski definition) is 1. The topological polar surface area (TPSA) is 27.6 Å². The summed E-state index contributed by atoms with van der Waals surface area (Å²) in [5.74, 6) is 1.19. The van der Waals surface area contributed by atoms with E-state index in [0.717, 1.165) is 24.7 Å². The highest BCUT2D eigenvalue weighted by Gasteiger charge is 2.23. The van der Waals surface area contributed by atoms with Gasteiger partial charge in [0.1, 0.15) is 0 Å². The van der Waals surface area contributed by atoms with E-state index < -0.39 is 0 Å². The van der Waals surface area contributed by atoms with Crippen molar-refractivity contribution in [1.29, 1.82) is 0 Å². The molecule has 0 atom stereocenters. The quantitative estimate of drug-likeness (QED) is 0.767. The molecule has 1 N–H and O–H groups in total. The molecular weight excluding hydrogens is 230 g/mol. The molecule has 1 saturated heterocycles. The molecule has 3 nitrogen and oxygen atoms in total. The van der Waals surface area contributed by atoms with Gasteiger partial charge in [0, 0.05) is 23.9 Å². The number of nitrogens with one attached hydrogen (secondary N) is 1. The Morgan fingerprint density at radius 3 is 2.76 bits per heavy atom. The Labute approximate surface area is 110 Å². The highest BCUT2D eigenvalue weighted by atomic mass is 32.2. The van der Waals surface area contributed by atoms with Gasteiger partial charge in [-0.2, -0.15) is 0 Å². The highest BCUT2D eigenvalue weighted by molar-refractivity contribution is 8.13. The minimum Gasteiger partial charge on any atom is -0.360 e. The Morgan fingerprint density at radius 2 is 2.18 bits per heavy atom. The molecule has 1 aliphatic heterocycles. The highest BCUT2D eigenvalue weighted by Crippen LogP contribution is 2.21. The van der Waals surface area contributed by atoms with Crippen molar-refractivity contribution in [2.24, 2.45) is 4.99 Å². The fourth-order valence-electron chi connectivity index (χ4n) is 1.64. The Morgan fingerprint density at radius 1 is 1.47 bits per heavy atom.